The predicted molar refractivity (Wildman–Crippen MR) is 80.7 cm³/mol. The van der Waals surface area contributed by atoms with Crippen LogP contribution in [0.1, 0.15) is 43.0 Å². The normalized spacial score (nSPS) is 23.1. The van der Waals surface area contributed by atoms with Crippen LogP contribution in [0.4, 0.5) is 5.69 Å². The van der Waals surface area contributed by atoms with E-state index in [1.165, 1.54) is 25.7 Å². The molecule has 1 aliphatic rings. The summed E-state index contributed by atoms with van der Waals surface area (Å²) in [6, 6.07) is 5.12. The van der Waals surface area contributed by atoms with Crippen molar-refractivity contribution in [3.05, 3.63) is 28.2 Å². The maximum absolute atomic E-state index is 10.9. The molecule has 19 heavy (non-hydrogen) atoms. The lowest BCUT2D eigenvalue weighted by molar-refractivity contribution is 0.0697. The molecule has 2 unspecified atom stereocenters. The molecule has 1 fully saturated rings. The Morgan fingerprint density at radius 2 is 2.26 bits per heavy atom. The lowest BCUT2D eigenvalue weighted by atomic mass is 9.82. The van der Waals surface area contributed by atoms with Gasteiger partial charge in [0.1, 0.15) is 0 Å². The van der Waals surface area contributed by atoms with Crippen molar-refractivity contribution >= 4 is 27.6 Å². The Bertz CT molecular complexity index is 461. The molecule has 2 atom stereocenters. The molecule has 2 rings (SSSR count). The van der Waals surface area contributed by atoms with Crippen molar-refractivity contribution in [1.29, 1.82) is 0 Å². The van der Waals surface area contributed by atoms with Crippen molar-refractivity contribution in [2.24, 2.45) is 11.8 Å². The van der Waals surface area contributed by atoms with Crippen LogP contribution < -0.4 is 5.32 Å². The number of aromatic carboxylic acids is 1. The monoisotopic (exact) mass is 325 g/mol. The van der Waals surface area contributed by atoms with Crippen molar-refractivity contribution in [3.63, 3.8) is 0 Å². The summed E-state index contributed by atoms with van der Waals surface area (Å²) in [6.45, 7) is 3.29. The molecule has 1 aliphatic carbocycles. The average molecular weight is 326 g/mol. The molecule has 0 aliphatic heterocycles. The zero-order valence-corrected chi connectivity index (χ0v) is 12.7. The number of hydrogen-bond acceptors (Lipinski definition) is 2. The lowest BCUT2D eigenvalue weighted by Crippen LogP contribution is -2.21. The van der Waals surface area contributed by atoms with E-state index in [1.807, 2.05) is 6.07 Å². The molecule has 0 aromatic heterocycles. The highest BCUT2D eigenvalue weighted by molar-refractivity contribution is 9.10. The second-order valence-corrected chi connectivity index (χ2v) is 6.37. The minimum atomic E-state index is -0.895. The van der Waals surface area contributed by atoms with Gasteiger partial charge >= 0.3 is 5.97 Å². The number of anilines is 1. The van der Waals surface area contributed by atoms with E-state index < -0.39 is 5.97 Å². The van der Waals surface area contributed by atoms with Gasteiger partial charge in [-0.2, -0.15) is 0 Å². The Kier molecular flexibility index (Phi) is 4.86. The minimum Gasteiger partial charge on any atom is -0.478 e. The van der Waals surface area contributed by atoms with Gasteiger partial charge in [-0.25, -0.2) is 4.79 Å². The molecule has 1 aromatic rings. The SMILES string of the molecule is CC1CCCC(CNc2ccc(C(=O)O)cc2Br)C1. The predicted octanol–water partition coefficient (Wildman–Crippen LogP) is 4.39. The lowest BCUT2D eigenvalue weighted by Gasteiger charge is -2.27. The summed E-state index contributed by atoms with van der Waals surface area (Å²) in [7, 11) is 0. The molecule has 3 nitrogen and oxygen atoms in total. The van der Waals surface area contributed by atoms with E-state index in [2.05, 4.69) is 28.2 Å². The minimum absolute atomic E-state index is 0.309. The Labute approximate surface area is 122 Å². The van der Waals surface area contributed by atoms with Gasteiger partial charge in [0.05, 0.1) is 5.56 Å². The maximum atomic E-state index is 10.9. The van der Waals surface area contributed by atoms with Crippen LogP contribution >= 0.6 is 15.9 Å². The molecule has 0 spiro atoms. The van der Waals surface area contributed by atoms with E-state index >= 15 is 0 Å². The summed E-state index contributed by atoms with van der Waals surface area (Å²) >= 11 is 3.43. The van der Waals surface area contributed by atoms with Crippen molar-refractivity contribution in [2.75, 3.05) is 11.9 Å². The van der Waals surface area contributed by atoms with Crippen LogP contribution in [-0.2, 0) is 0 Å². The molecule has 0 amide bonds. The summed E-state index contributed by atoms with van der Waals surface area (Å²) < 4.78 is 0.816. The summed E-state index contributed by atoms with van der Waals surface area (Å²) in [4.78, 5) is 10.9. The van der Waals surface area contributed by atoms with Gasteiger partial charge < -0.3 is 10.4 Å². The fourth-order valence-electron chi connectivity index (χ4n) is 2.79. The number of rotatable bonds is 4. The molecule has 0 saturated heterocycles. The van der Waals surface area contributed by atoms with Crippen LogP contribution in [0.2, 0.25) is 0 Å². The number of carboxylic acids is 1. The van der Waals surface area contributed by atoms with Crippen LogP contribution in [0.3, 0.4) is 0 Å². The third-order valence-corrected chi connectivity index (χ3v) is 4.50. The molecule has 104 valence electrons. The van der Waals surface area contributed by atoms with Crippen LogP contribution in [0.25, 0.3) is 0 Å². The van der Waals surface area contributed by atoms with Gasteiger partial charge in [-0.3, -0.25) is 0 Å². The third kappa shape index (κ3) is 3.96. The van der Waals surface area contributed by atoms with Gasteiger partial charge in [0.25, 0.3) is 0 Å². The van der Waals surface area contributed by atoms with Crippen LogP contribution in [0.15, 0.2) is 22.7 Å². The Morgan fingerprint density at radius 1 is 1.47 bits per heavy atom. The zero-order chi connectivity index (χ0) is 13.8. The van der Waals surface area contributed by atoms with E-state index in [0.29, 0.717) is 5.56 Å². The third-order valence-electron chi connectivity index (χ3n) is 3.84. The highest BCUT2D eigenvalue weighted by Gasteiger charge is 2.18. The molecule has 1 aromatic carbocycles. The fraction of sp³-hybridized carbons (Fsp3) is 0.533. The number of nitrogens with one attached hydrogen (secondary N) is 1. The smallest absolute Gasteiger partial charge is 0.335 e. The van der Waals surface area contributed by atoms with Crippen LogP contribution in [0, 0.1) is 11.8 Å². The summed E-state index contributed by atoms with van der Waals surface area (Å²) in [5, 5.41) is 12.4. The largest absolute Gasteiger partial charge is 0.478 e. The van der Waals surface area contributed by atoms with Gasteiger partial charge in [0.2, 0.25) is 0 Å². The molecule has 0 bridgehead atoms. The molecule has 0 radical (unpaired) electrons. The quantitative estimate of drug-likeness (QED) is 0.863. The fourth-order valence-corrected chi connectivity index (χ4v) is 3.31. The Hall–Kier alpha value is -1.03. The van der Waals surface area contributed by atoms with Gasteiger partial charge in [-0.15, -0.1) is 0 Å². The van der Waals surface area contributed by atoms with Crippen LogP contribution in [-0.4, -0.2) is 17.6 Å². The topological polar surface area (TPSA) is 49.3 Å². The van der Waals surface area contributed by atoms with Gasteiger partial charge in [0, 0.05) is 16.7 Å². The molecule has 4 heteroatoms. The van der Waals surface area contributed by atoms with Gasteiger partial charge in [-0.1, -0.05) is 19.8 Å². The first-order chi connectivity index (χ1) is 9.06. The Balaban J connectivity index is 1.94. The highest BCUT2D eigenvalue weighted by atomic mass is 79.9. The number of carbonyl (C=O) groups is 1. The van der Waals surface area contributed by atoms with Gasteiger partial charge in [0.15, 0.2) is 0 Å². The average Bonchev–Trinajstić information content (AvgIpc) is 2.37. The standard InChI is InChI=1S/C15H20BrNO2/c1-10-3-2-4-11(7-10)9-17-14-6-5-12(15(18)19)8-13(14)16/h5-6,8,10-11,17H,2-4,7,9H2,1H3,(H,18,19). The molecule has 0 heterocycles. The number of hydrogen-bond donors (Lipinski definition) is 2. The number of halogens is 1. The summed E-state index contributed by atoms with van der Waals surface area (Å²) in [6.07, 6.45) is 5.26. The Morgan fingerprint density at radius 3 is 2.89 bits per heavy atom. The van der Waals surface area contributed by atoms with Crippen molar-refractivity contribution in [3.8, 4) is 0 Å². The van der Waals surface area contributed by atoms with Crippen LogP contribution in [0.5, 0.6) is 0 Å². The van der Waals surface area contributed by atoms with E-state index in [0.717, 1.165) is 28.5 Å². The summed E-state index contributed by atoms with van der Waals surface area (Å²) in [5.74, 6) is 0.668. The van der Waals surface area contributed by atoms with Gasteiger partial charge in [-0.05, 0) is 58.8 Å². The van der Waals surface area contributed by atoms with Crippen molar-refractivity contribution in [2.45, 2.75) is 32.6 Å². The maximum Gasteiger partial charge on any atom is 0.335 e. The first-order valence-electron chi connectivity index (χ1n) is 6.83. The second kappa shape index (κ2) is 6.42. The first-order valence-corrected chi connectivity index (χ1v) is 7.62. The van der Waals surface area contributed by atoms with Crippen molar-refractivity contribution < 1.29 is 9.90 Å². The molecular weight excluding hydrogens is 306 g/mol. The number of carboxylic acid groups (broad SMARTS) is 1. The van der Waals surface area contributed by atoms with E-state index in [9.17, 15) is 4.79 Å². The number of benzene rings is 1. The van der Waals surface area contributed by atoms with E-state index in [1.54, 1.807) is 12.1 Å². The molecule has 1 saturated carbocycles. The first kappa shape index (κ1) is 14.4. The highest BCUT2D eigenvalue weighted by Crippen LogP contribution is 2.30. The second-order valence-electron chi connectivity index (χ2n) is 5.52. The van der Waals surface area contributed by atoms with Crippen molar-refractivity contribution in [1.82, 2.24) is 0 Å². The van der Waals surface area contributed by atoms with E-state index in [4.69, 9.17) is 5.11 Å². The van der Waals surface area contributed by atoms with E-state index in [-0.39, 0.29) is 0 Å². The summed E-state index contributed by atoms with van der Waals surface area (Å²) in [5.41, 5.74) is 1.28. The molecule has 2 N–H and O–H groups in total. The zero-order valence-electron chi connectivity index (χ0n) is 11.2. The molecular formula is C15H20BrNO2.